The Balaban J connectivity index is 1.34. The Kier molecular flexibility index (Phi) is 5.54. The average molecular weight is 403 g/mol. The second-order valence-corrected chi connectivity index (χ2v) is 8.89. The molecule has 1 aliphatic carbocycles. The highest BCUT2D eigenvalue weighted by molar-refractivity contribution is 7.15. The molecular weight excluding hydrogens is 380 g/mol. The average Bonchev–Trinajstić information content (AvgIpc) is 3.40. The second-order valence-electron chi connectivity index (χ2n) is 6.83. The summed E-state index contributed by atoms with van der Waals surface area (Å²) in [4.78, 5) is 33.0. The van der Waals surface area contributed by atoms with Crippen LogP contribution in [0.4, 0.5) is 9.93 Å². The molecule has 0 atom stereocenters. The predicted octanol–water partition coefficient (Wildman–Crippen LogP) is 3.87. The quantitative estimate of drug-likeness (QED) is 0.763. The number of fused-ring (bicyclic) bond motifs is 1. The first kappa shape index (κ1) is 18.2. The lowest BCUT2D eigenvalue weighted by Crippen LogP contribution is -2.36. The summed E-state index contributed by atoms with van der Waals surface area (Å²) >= 11 is 3.07. The van der Waals surface area contributed by atoms with Gasteiger partial charge in [0, 0.05) is 34.8 Å². The van der Waals surface area contributed by atoms with E-state index in [0.717, 1.165) is 34.7 Å². The molecule has 1 fully saturated rings. The van der Waals surface area contributed by atoms with Crippen LogP contribution in [0.2, 0.25) is 0 Å². The van der Waals surface area contributed by atoms with E-state index in [9.17, 15) is 9.59 Å². The zero-order valence-electron chi connectivity index (χ0n) is 14.9. The first-order valence-corrected chi connectivity index (χ1v) is 10.9. The van der Waals surface area contributed by atoms with E-state index in [1.54, 1.807) is 17.4 Å². The van der Waals surface area contributed by atoms with Crippen molar-refractivity contribution < 1.29 is 9.59 Å². The Bertz CT molecular complexity index is 838. The fraction of sp³-hybridized carbons (Fsp3) is 0.421. The van der Waals surface area contributed by atoms with Crippen molar-refractivity contribution in [1.82, 2.24) is 15.2 Å². The van der Waals surface area contributed by atoms with Crippen molar-refractivity contribution in [2.75, 3.05) is 11.9 Å². The number of anilines is 1. The number of nitrogens with one attached hydrogen (secondary N) is 2. The maximum atomic E-state index is 12.4. The highest BCUT2D eigenvalue weighted by Gasteiger charge is 2.24. The van der Waals surface area contributed by atoms with E-state index in [-0.39, 0.29) is 18.0 Å². The molecule has 0 aromatic carbocycles. The number of urea groups is 1. The number of hydrogen-bond donors (Lipinski definition) is 2. The van der Waals surface area contributed by atoms with E-state index >= 15 is 0 Å². The Hall–Kier alpha value is -2.19. The zero-order chi connectivity index (χ0) is 18.6. The fourth-order valence-electron chi connectivity index (χ4n) is 3.47. The molecule has 6 nitrogen and oxygen atoms in total. The number of aromatic nitrogens is 1. The molecule has 2 aromatic rings. The van der Waals surface area contributed by atoms with E-state index in [0.29, 0.717) is 18.2 Å². The number of nitrogens with zero attached hydrogens (tertiary/aromatic N) is 2. The molecule has 3 amide bonds. The van der Waals surface area contributed by atoms with Crippen LogP contribution in [0.5, 0.6) is 0 Å². The summed E-state index contributed by atoms with van der Waals surface area (Å²) in [5, 5.41) is 8.47. The molecule has 1 saturated carbocycles. The standard InChI is InChI=1S/C19H22N4O2S2/c24-17(8-7-14-6-3-11-26-14)23-10-9-15-16(12-23)27-19(21-15)22-18(25)20-13-4-1-2-5-13/h3,6-8,11,13H,1-2,4-5,9-10,12H2,(H2,20,21,22,25). The summed E-state index contributed by atoms with van der Waals surface area (Å²) in [5.74, 6) is 0.0101. The SMILES string of the molecule is O=C(Nc1nc2c(s1)CN(C(=O)C=Cc1cccs1)CC2)NC1CCCC1. The van der Waals surface area contributed by atoms with Gasteiger partial charge in [0.2, 0.25) is 5.91 Å². The molecule has 142 valence electrons. The zero-order valence-corrected chi connectivity index (χ0v) is 16.6. The van der Waals surface area contributed by atoms with Gasteiger partial charge >= 0.3 is 6.03 Å². The summed E-state index contributed by atoms with van der Waals surface area (Å²) < 4.78 is 0. The van der Waals surface area contributed by atoms with Crippen LogP contribution in [-0.2, 0) is 17.8 Å². The summed E-state index contributed by atoms with van der Waals surface area (Å²) in [6.07, 6.45) is 8.68. The lowest BCUT2D eigenvalue weighted by Gasteiger charge is -2.24. The normalized spacial score (nSPS) is 17.3. The van der Waals surface area contributed by atoms with Crippen molar-refractivity contribution in [1.29, 1.82) is 0 Å². The maximum absolute atomic E-state index is 12.4. The molecule has 27 heavy (non-hydrogen) atoms. The van der Waals surface area contributed by atoms with Crippen molar-refractivity contribution >= 4 is 45.8 Å². The van der Waals surface area contributed by atoms with Gasteiger partial charge in [-0.1, -0.05) is 30.2 Å². The molecule has 0 spiro atoms. The fourth-order valence-corrected chi connectivity index (χ4v) is 5.11. The van der Waals surface area contributed by atoms with Crippen LogP contribution < -0.4 is 10.6 Å². The number of thiazole rings is 1. The van der Waals surface area contributed by atoms with Gasteiger partial charge in [-0.25, -0.2) is 9.78 Å². The number of carbonyl (C=O) groups excluding carboxylic acids is 2. The third kappa shape index (κ3) is 4.56. The van der Waals surface area contributed by atoms with Crippen molar-refractivity contribution in [2.24, 2.45) is 0 Å². The number of thiophene rings is 1. The molecule has 4 rings (SSSR count). The molecule has 2 aliphatic rings. The van der Waals surface area contributed by atoms with Crippen LogP contribution in [0.15, 0.2) is 23.6 Å². The molecule has 8 heteroatoms. The Labute approximate surface area is 166 Å². The number of amides is 3. The third-order valence-corrected chi connectivity index (χ3v) is 6.72. The molecule has 3 heterocycles. The van der Waals surface area contributed by atoms with Crippen molar-refractivity contribution in [3.8, 4) is 0 Å². The molecule has 2 N–H and O–H groups in total. The van der Waals surface area contributed by atoms with Gasteiger partial charge in [-0.3, -0.25) is 10.1 Å². The van der Waals surface area contributed by atoms with Gasteiger partial charge in [0.1, 0.15) is 0 Å². The van der Waals surface area contributed by atoms with Gasteiger partial charge in [0.25, 0.3) is 0 Å². The van der Waals surface area contributed by atoms with E-state index in [2.05, 4.69) is 15.6 Å². The maximum Gasteiger partial charge on any atom is 0.321 e. The smallest absolute Gasteiger partial charge is 0.321 e. The number of carbonyl (C=O) groups is 2. The number of hydrogen-bond acceptors (Lipinski definition) is 5. The van der Waals surface area contributed by atoms with Gasteiger partial charge in [-0.05, 0) is 30.4 Å². The minimum absolute atomic E-state index is 0.0101. The van der Waals surface area contributed by atoms with Gasteiger partial charge < -0.3 is 10.2 Å². The van der Waals surface area contributed by atoms with Crippen molar-refractivity contribution in [3.63, 3.8) is 0 Å². The Morgan fingerprint density at radius 2 is 2.15 bits per heavy atom. The molecule has 0 unspecified atom stereocenters. The van der Waals surface area contributed by atoms with E-state index in [4.69, 9.17) is 0 Å². The first-order chi connectivity index (χ1) is 13.2. The third-order valence-electron chi connectivity index (χ3n) is 4.89. The minimum atomic E-state index is -0.181. The minimum Gasteiger partial charge on any atom is -0.335 e. The predicted molar refractivity (Wildman–Crippen MR) is 109 cm³/mol. The Morgan fingerprint density at radius 1 is 1.30 bits per heavy atom. The summed E-state index contributed by atoms with van der Waals surface area (Å²) in [7, 11) is 0. The second kappa shape index (κ2) is 8.22. The van der Waals surface area contributed by atoms with Gasteiger partial charge in [0.15, 0.2) is 5.13 Å². The highest BCUT2D eigenvalue weighted by Crippen LogP contribution is 2.28. The van der Waals surface area contributed by atoms with Crippen LogP contribution >= 0.6 is 22.7 Å². The summed E-state index contributed by atoms with van der Waals surface area (Å²) in [6.45, 7) is 1.20. The molecule has 0 radical (unpaired) electrons. The van der Waals surface area contributed by atoms with Crippen molar-refractivity contribution in [2.45, 2.75) is 44.7 Å². The van der Waals surface area contributed by atoms with E-state index in [1.807, 2.05) is 28.5 Å². The van der Waals surface area contributed by atoms with Crippen LogP contribution in [0.25, 0.3) is 6.08 Å². The van der Waals surface area contributed by atoms with E-state index in [1.165, 1.54) is 24.2 Å². The molecule has 1 aliphatic heterocycles. The van der Waals surface area contributed by atoms with Gasteiger partial charge in [-0.15, -0.1) is 11.3 Å². The largest absolute Gasteiger partial charge is 0.335 e. The first-order valence-electron chi connectivity index (χ1n) is 9.24. The topological polar surface area (TPSA) is 74.3 Å². The van der Waals surface area contributed by atoms with Gasteiger partial charge in [-0.2, -0.15) is 0 Å². The van der Waals surface area contributed by atoms with Crippen LogP contribution in [0.3, 0.4) is 0 Å². The lowest BCUT2D eigenvalue weighted by atomic mass is 10.2. The lowest BCUT2D eigenvalue weighted by molar-refractivity contribution is -0.126. The number of rotatable bonds is 4. The van der Waals surface area contributed by atoms with Crippen LogP contribution in [-0.4, -0.2) is 34.4 Å². The molecule has 2 aromatic heterocycles. The summed E-state index contributed by atoms with van der Waals surface area (Å²) in [6, 6.07) is 4.06. The van der Waals surface area contributed by atoms with E-state index < -0.39 is 0 Å². The van der Waals surface area contributed by atoms with Crippen LogP contribution in [0.1, 0.15) is 41.1 Å². The Morgan fingerprint density at radius 3 is 2.93 bits per heavy atom. The molecule has 0 saturated heterocycles. The molecular formula is C19H22N4O2S2. The van der Waals surface area contributed by atoms with Crippen LogP contribution in [0, 0.1) is 0 Å². The summed E-state index contributed by atoms with van der Waals surface area (Å²) in [5.41, 5.74) is 0.988. The monoisotopic (exact) mass is 402 g/mol. The van der Waals surface area contributed by atoms with Gasteiger partial charge in [0.05, 0.1) is 12.2 Å². The molecule has 0 bridgehead atoms. The highest BCUT2D eigenvalue weighted by atomic mass is 32.1. The van der Waals surface area contributed by atoms with Crippen molar-refractivity contribution in [3.05, 3.63) is 39.0 Å².